The average Bonchev–Trinajstić information content (AvgIpc) is 2.37. The van der Waals surface area contributed by atoms with Crippen molar-refractivity contribution in [1.29, 1.82) is 0 Å². The number of aliphatic carboxylic acids is 1. The Morgan fingerprint density at radius 1 is 1.38 bits per heavy atom. The molecule has 0 aliphatic rings. The Bertz CT molecular complexity index is 610. The van der Waals surface area contributed by atoms with Gasteiger partial charge in [-0.3, -0.25) is 4.79 Å². The van der Waals surface area contributed by atoms with E-state index in [0.717, 1.165) is 0 Å². The Hall–Kier alpha value is -1.60. The fourth-order valence-electron chi connectivity index (χ4n) is 1.74. The van der Waals surface area contributed by atoms with E-state index in [4.69, 9.17) is 9.84 Å². The number of aryl methyl sites for hydroxylation is 1. The second-order valence-electron chi connectivity index (χ2n) is 5.01. The lowest BCUT2D eigenvalue weighted by Gasteiger charge is -2.15. The topological polar surface area (TPSA) is 92.7 Å². The number of carboxylic acids is 1. The Morgan fingerprint density at radius 2 is 2.00 bits per heavy atom. The van der Waals surface area contributed by atoms with Crippen molar-refractivity contribution in [3.63, 3.8) is 0 Å². The molecule has 0 saturated carbocycles. The van der Waals surface area contributed by atoms with Gasteiger partial charge in [-0.15, -0.1) is 0 Å². The van der Waals surface area contributed by atoms with Crippen LogP contribution in [0, 0.1) is 6.92 Å². The molecule has 0 spiro atoms. The first kappa shape index (κ1) is 17.5. The van der Waals surface area contributed by atoms with E-state index < -0.39 is 22.0 Å². The fraction of sp³-hybridized carbons (Fsp3) is 0.500. The standard InChI is InChI=1S/C14H21NO5S/c1-5-12(14(16)17)15-21(18,19)11-6-7-13(10(4)8-11)20-9(2)3/h6-9,12,15H,5H2,1-4H3,(H,16,17)/t12-/m0/s1. The van der Waals surface area contributed by atoms with Crippen LogP contribution in [0.25, 0.3) is 0 Å². The monoisotopic (exact) mass is 315 g/mol. The van der Waals surface area contributed by atoms with E-state index in [1.165, 1.54) is 12.1 Å². The van der Waals surface area contributed by atoms with Gasteiger partial charge < -0.3 is 9.84 Å². The molecule has 0 aromatic heterocycles. The van der Waals surface area contributed by atoms with Crippen LogP contribution in [0.2, 0.25) is 0 Å². The molecule has 0 fully saturated rings. The molecule has 1 rings (SSSR count). The summed E-state index contributed by atoms with van der Waals surface area (Å²) in [7, 11) is -3.87. The van der Waals surface area contributed by atoms with Gasteiger partial charge >= 0.3 is 5.97 Å². The predicted molar refractivity (Wildman–Crippen MR) is 79.0 cm³/mol. The zero-order valence-electron chi connectivity index (χ0n) is 12.6. The van der Waals surface area contributed by atoms with Gasteiger partial charge in [-0.25, -0.2) is 8.42 Å². The van der Waals surface area contributed by atoms with Crippen LogP contribution in [0.1, 0.15) is 32.8 Å². The first-order valence-electron chi connectivity index (χ1n) is 6.69. The Balaban J connectivity index is 3.04. The maximum absolute atomic E-state index is 12.2. The Kier molecular flexibility index (Phi) is 5.74. The van der Waals surface area contributed by atoms with Gasteiger partial charge in [0.1, 0.15) is 11.8 Å². The average molecular weight is 315 g/mol. The zero-order valence-corrected chi connectivity index (χ0v) is 13.4. The van der Waals surface area contributed by atoms with Crippen LogP contribution in [0.5, 0.6) is 5.75 Å². The molecular weight excluding hydrogens is 294 g/mol. The number of carboxylic acid groups (broad SMARTS) is 1. The van der Waals surface area contributed by atoms with E-state index >= 15 is 0 Å². The van der Waals surface area contributed by atoms with Crippen molar-refractivity contribution in [2.45, 2.75) is 51.2 Å². The zero-order chi connectivity index (χ0) is 16.2. The first-order valence-corrected chi connectivity index (χ1v) is 8.18. The molecule has 1 aromatic rings. The summed E-state index contributed by atoms with van der Waals surface area (Å²) in [6.07, 6.45) is 0.156. The highest BCUT2D eigenvalue weighted by Gasteiger charge is 2.24. The first-order chi connectivity index (χ1) is 9.67. The highest BCUT2D eigenvalue weighted by atomic mass is 32.2. The summed E-state index contributed by atoms with van der Waals surface area (Å²) >= 11 is 0. The van der Waals surface area contributed by atoms with Gasteiger partial charge in [0, 0.05) is 0 Å². The Labute approximate surface area is 125 Å². The van der Waals surface area contributed by atoms with Crippen LogP contribution in [0.3, 0.4) is 0 Å². The largest absolute Gasteiger partial charge is 0.491 e. The second kappa shape index (κ2) is 6.91. The number of sulfonamides is 1. The van der Waals surface area contributed by atoms with Gasteiger partial charge in [0.25, 0.3) is 0 Å². The van der Waals surface area contributed by atoms with Gasteiger partial charge in [-0.05, 0) is 51.0 Å². The summed E-state index contributed by atoms with van der Waals surface area (Å²) in [4.78, 5) is 11.0. The lowest BCUT2D eigenvalue weighted by molar-refractivity contribution is -0.139. The van der Waals surface area contributed by atoms with Crippen LogP contribution in [0.15, 0.2) is 23.1 Å². The quantitative estimate of drug-likeness (QED) is 0.802. The van der Waals surface area contributed by atoms with E-state index in [9.17, 15) is 13.2 Å². The highest BCUT2D eigenvalue weighted by molar-refractivity contribution is 7.89. The predicted octanol–water partition coefficient (Wildman–Crippen LogP) is 1.92. The van der Waals surface area contributed by atoms with Gasteiger partial charge in [-0.2, -0.15) is 4.72 Å². The van der Waals surface area contributed by atoms with Crippen LogP contribution in [-0.2, 0) is 14.8 Å². The molecule has 0 aliphatic heterocycles. The van der Waals surface area contributed by atoms with E-state index in [1.807, 2.05) is 13.8 Å². The fourth-order valence-corrected chi connectivity index (χ4v) is 3.10. The molecule has 7 heteroatoms. The van der Waals surface area contributed by atoms with E-state index in [2.05, 4.69) is 4.72 Å². The second-order valence-corrected chi connectivity index (χ2v) is 6.73. The number of benzene rings is 1. The maximum Gasteiger partial charge on any atom is 0.321 e. The molecule has 0 amide bonds. The van der Waals surface area contributed by atoms with E-state index in [0.29, 0.717) is 11.3 Å². The molecule has 0 bridgehead atoms. The minimum atomic E-state index is -3.87. The number of nitrogens with one attached hydrogen (secondary N) is 1. The number of rotatable bonds is 7. The SMILES string of the molecule is CC[C@H](NS(=O)(=O)c1ccc(OC(C)C)c(C)c1)C(=O)O. The van der Waals surface area contributed by atoms with Crippen LogP contribution in [0.4, 0.5) is 0 Å². The third-order valence-corrected chi connectivity index (χ3v) is 4.29. The minimum absolute atomic E-state index is 0.0132. The van der Waals surface area contributed by atoms with E-state index in [-0.39, 0.29) is 17.4 Å². The van der Waals surface area contributed by atoms with Gasteiger partial charge in [0.2, 0.25) is 10.0 Å². The van der Waals surface area contributed by atoms with Gasteiger partial charge in [0.05, 0.1) is 11.0 Å². The summed E-state index contributed by atoms with van der Waals surface area (Å²) in [5, 5.41) is 8.93. The molecular formula is C14H21NO5S. The number of hydrogen-bond donors (Lipinski definition) is 2. The number of hydrogen-bond acceptors (Lipinski definition) is 4. The van der Waals surface area contributed by atoms with Crippen molar-refractivity contribution >= 4 is 16.0 Å². The smallest absolute Gasteiger partial charge is 0.321 e. The molecule has 0 heterocycles. The molecule has 1 atom stereocenters. The summed E-state index contributed by atoms with van der Waals surface area (Å²) in [6.45, 7) is 7.10. The third kappa shape index (κ3) is 4.71. The van der Waals surface area contributed by atoms with Crippen LogP contribution >= 0.6 is 0 Å². The minimum Gasteiger partial charge on any atom is -0.491 e. The molecule has 21 heavy (non-hydrogen) atoms. The van der Waals surface area contributed by atoms with Crippen molar-refractivity contribution in [2.24, 2.45) is 0 Å². The van der Waals surface area contributed by atoms with Crippen molar-refractivity contribution in [3.8, 4) is 5.75 Å². The van der Waals surface area contributed by atoms with Gasteiger partial charge in [0.15, 0.2) is 0 Å². The normalized spacial score (nSPS) is 13.2. The van der Waals surface area contributed by atoms with E-state index in [1.54, 1.807) is 19.9 Å². The van der Waals surface area contributed by atoms with Crippen molar-refractivity contribution < 1.29 is 23.1 Å². The molecule has 0 unspecified atom stereocenters. The third-order valence-electron chi connectivity index (χ3n) is 2.82. The van der Waals surface area contributed by atoms with Crippen LogP contribution in [-0.4, -0.2) is 31.6 Å². The van der Waals surface area contributed by atoms with Gasteiger partial charge in [-0.1, -0.05) is 6.92 Å². The molecule has 1 aromatic carbocycles. The molecule has 2 N–H and O–H groups in total. The summed E-state index contributed by atoms with van der Waals surface area (Å²) in [6, 6.07) is 3.31. The van der Waals surface area contributed by atoms with Crippen molar-refractivity contribution in [2.75, 3.05) is 0 Å². The molecule has 118 valence electrons. The highest BCUT2D eigenvalue weighted by Crippen LogP contribution is 2.23. The molecule has 6 nitrogen and oxygen atoms in total. The lowest BCUT2D eigenvalue weighted by atomic mass is 10.2. The molecule has 0 radical (unpaired) electrons. The van der Waals surface area contributed by atoms with Crippen molar-refractivity contribution in [3.05, 3.63) is 23.8 Å². The number of carbonyl (C=O) groups is 1. The lowest BCUT2D eigenvalue weighted by Crippen LogP contribution is -2.40. The summed E-state index contributed by atoms with van der Waals surface area (Å²) < 4.78 is 32.1. The summed E-state index contributed by atoms with van der Waals surface area (Å²) in [5.74, 6) is -0.591. The molecule has 0 aliphatic carbocycles. The Morgan fingerprint density at radius 3 is 2.43 bits per heavy atom. The maximum atomic E-state index is 12.2. The summed E-state index contributed by atoms with van der Waals surface area (Å²) in [5.41, 5.74) is 0.676. The molecule has 0 saturated heterocycles. The van der Waals surface area contributed by atoms with Crippen LogP contribution < -0.4 is 9.46 Å². The number of ether oxygens (including phenoxy) is 1. The van der Waals surface area contributed by atoms with Crippen molar-refractivity contribution in [1.82, 2.24) is 4.72 Å².